The lowest BCUT2D eigenvalue weighted by molar-refractivity contribution is -0.385. The Morgan fingerprint density at radius 3 is 2.82 bits per heavy atom. The van der Waals surface area contributed by atoms with E-state index in [1.807, 2.05) is 14.1 Å². The number of non-ortho nitro benzene ring substituents is 1. The molecule has 1 atom stereocenters. The highest BCUT2D eigenvalue weighted by Crippen LogP contribution is 2.28. The number of nitro groups is 1. The molecule has 0 bridgehead atoms. The molecule has 148 valence electrons. The van der Waals surface area contributed by atoms with Crippen molar-refractivity contribution in [3.63, 3.8) is 0 Å². The van der Waals surface area contributed by atoms with Crippen LogP contribution >= 0.6 is 0 Å². The molecule has 0 aliphatic carbocycles. The average Bonchev–Trinajstić information content (AvgIpc) is 3.14. The highest BCUT2D eigenvalue weighted by Gasteiger charge is 2.27. The summed E-state index contributed by atoms with van der Waals surface area (Å²) in [6.07, 6.45) is 2.32. The number of aromatic nitrogens is 1. The minimum absolute atomic E-state index is 0.164. The van der Waals surface area contributed by atoms with E-state index in [1.165, 1.54) is 24.4 Å². The summed E-state index contributed by atoms with van der Waals surface area (Å²) in [6.45, 7) is 1.28. The highest BCUT2D eigenvalue weighted by molar-refractivity contribution is 5.88. The molecule has 0 radical (unpaired) electrons. The van der Waals surface area contributed by atoms with Crippen LogP contribution in [0.5, 0.6) is 11.5 Å². The molecule has 1 fully saturated rings. The van der Waals surface area contributed by atoms with Gasteiger partial charge in [0.1, 0.15) is 11.6 Å². The van der Waals surface area contributed by atoms with Gasteiger partial charge in [-0.15, -0.1) is 0 Å². The van der Waals surface area contributed by atoms with Gasteiger partial charge in [0, 0.05) is 37.5 Å². The first-order chi connectivity index (χ1) is 13.3. The predicted octanol–water partition coefficient (Wildman–Crippen LogP) is 3.09. The molecule has 28 heavy (non-hydrogen) atoms. The van der Waals surface area contributed by atoms with Gasteiger partial charge in [-0.1, -0.05) is 0 Å². The summed E-state index contributed by atoms with van der Waals surface area (Å²) < 4.78 is 19.4. The molecule has 1 aliphatic rings. The maximum Gasteiger partial charge on any atom is 0.323 e. The summed E-state index contributed by atoms with van der Waals surface area (Å²) in [5, 5.41) is 13.4. The van der Waals surface area contributed by atoms with Crippen LogP contribution in [0, 0.1) is 15.9 Å². The van der Waals surface area contributed by atoms with Crippen molar-refractivity contribution in [2.75, 3.05) is 32.5 Å². The number of rotatable bonds is 5. The third-order valence-corrected chi connectivity index (χ3v) is 4.50. The van der Waals surface area contributed by atoms with Crippen molar-refractivity contribution in [2.45, 2.75) is 12.5 Å². The summed E-state index contributed by atoms with van der Waals surface area (Å²) in [6, 6.07) is 6.11. The van der Waals surface area contributed by atoms with Crippen molar-refractivity contribution < 1.29 is 18.8 Å². The molecule has 2 aromatic rings. The van der Waals surface area contributed by atoms with Gasteiger partial charge in [-0.2, -0.15) is 0 Å². The first-order valence-electron chi connectivity index (χ1n) is 8.63. The molecule has 1 aromatic carbocycles. The lowest BCUT2D eigenvalue weighted by Crippen LogP contribution is -2.37. The van der Waals surface area contributed by atoms with E-state index in [2.05, 4.69) is 15.2 Å². The zero-order chi connectivity index (χ0) is 20.3. The fourth-order valence-electron chi connectivity index (χ4n) is 2.89. The number of anilines is 1. The van der Waals surface area contributed by atoms with E-state index in [-0.39, 0.29) is 29.0 Å². The van der Waals surface area contributed by atoms with Crippen molar-refractivity contribution in [3.05, 3.63) is 52.5 Å². The predicted molar refractivity (Wildman–Crippen MR) is 100 cm³/mol. The number of nitrogens with zero attached hydrogens (tertiary/aromatic N) is 4. The van der Waals surface area contributed by atoms with Gasteiger partial charge in [-0.05, 0) is 32.6 Å². The van der Waals surface area contributed by atoms with Crippen molar-refractivity contribution in [2.24, 2.45) is 0 Å². The number of carbonyl (C=O) groups excluding carboxylic acids is 1. The fourth-order valence-corrected chi connectivity index (χ4v) is 2.89. The molecule has 1 N–H and O–H groups in total. The van der Waals surface area contributed by atoms with Gasteiger partial charge < -0.3 is 14.5 Å². The highest BCUT2D eigenvalue weighted by atomic mass is 19.1. The number of ether oxygens (including phenoxy) is 1. The monoisotopic (exact) mass is 389 g/mol. The van der Waals surface area contributed by atoms with Crippen LogP contribution in [0.1, 0.15) is 6.42 Å². The quantitative estimate of drug-likeness (QED) is 0.623. The van der Waals surface area contributed by atoms with Gasteiger partial charge >= 0.3 is 6.03 Å². The maximum absolute atomic E-state index is 14.0. The second-order valence-corrected chi connectivity index (χ2v) is 6.63. The number of amides is 2. The minimum atomic E-state index is -0.858. The Hall–Kier alpha value is -3.27. The zero-order valence-corrected chi connectivity index (χ0v) is 15.5. The molecule has 10 heteroatoms. The van der Waals surface area contributed by atoms with E-state index < -0.39 is 10.7 Å². The Labute approximate surface area is 160 Å². The van der Waals surface area contributed by atoms with Crippen LogP contribution in [0.2, 0.25) is 0 Å². The molecular formula is C18H20FN5O4. The number of likely N-dealkylation sites (N-methyl/N-ethyl adjacent to an activating group) is 1. The number of halogens is 1. The third kappa shape index (κ3) is 4.52. The number of carbonyl (C=O) groups is 1. The molecule has 2 amide bonds. The summed E-state index contributed by atoms with van der Waals surface area (Å²) >= 11 is 0. The van der Waals surface area contributed by atoms with Crippen molar-refractivity contribution in [1.82, 2.24) is 14.8 Å². The van der Waals surface area contributed by atoms with Crippen LogP contribution in [-0.2, 0) is 0 Å². The van der Waals surface area contributed by atoms with E-state index in [1.54, 1.807) is 4.90 Å². The van der Waals surface area contributed by atoms with Crippen LogP contribution in [0.15, 0.2) is 36.5 Å². The van der Waals surface area contributed by atoms with E-state index in [0.717, 1.165) is 18.6 Å². The van der Waals surface area contributed by atoms with Crippen LogP contribution in [0.3, 0.4) is 0 Å². The van der Waals surface area contributed by atoms with Gasteiger partial charge in [0.15, 0.2) is 11.6 Å². The van der Waals surface area contributed by atoms with E-state index >= 15 is 0 Å². The number of hydrogen-bond acceptors (Lipinski definition) is 6. The lowest BCUT2D eigenvalue weighted by atomic mass is 10.2. The first-order valence-corrected chi connectivity index (χ1v) is 8.63. The molecule has 2 heterocycles. The zero-order valence-electron chi connectivity index (χ0n) is 15.5. The minimum Gasteiger partial charge on any atom is -0.454 e. The van der Waals surface area contributed by atoms with Crippen LogP contribution in [-0.4, -0.2) is 59.0 Å². The number of nitrogens with one attached hydrogen (secondary N) is 1. The Morgan fingerprint density at radius 1 is 1.39 bits per heavy atom. The summed E-state index contributed by atoms with van der Waals surface area (Å²) in [5.41, 5.74) is -0.367. The second kappa shape index (κ2) is 8.17. The number of pyridine rings is 1. The van der Waals surface area contributed by atoms with Gasteiger partial charge in [0.2, 0.25) is 0 Å². The van der Waals surface area contributed by atoms with E-state index in [4.69, 9.17) is 4.74 Å². The molecule has 3 rings (SSSR count). The van der Waals surface area contributed by atoms with E-state index in [0.29, 0.717) is 19.1 Å². The smallest absolute Gasteiger partial charge is 0.323 e. The van der Waals surface area contributed by atoms with Gasteiger partial charge in [0.25, 0.3) is 5.69 Å². The van der Waals surface area contributed by atoms with Gasteiger partial charge in [-0.3, -0.25) is 15.4 Å². The summed E-state index contributed by atoms with van der Waals surface area (Å²) in [4.78, 5) is 30.3. The molecule has 9 nitrogen and oxygen atoms in total. The lowest BCUT2D eigenvalue weighted by Gasteiger charge is -2.20. The largest absolute Gasteiger partial charge is 0.454 e. The normalized spacial score (nSPS) is 16.3. The first kappa shape index (κ1) is 19.5. The molecule has 0 spiro atoms. The Morgan fingerprint density at radius 2 is 2.18 bits per heavy atom. The van der Waals surface area contributed by atoms with Crippen LogP contribution in [0.4, 0.5) is 20.7 Å². The summed E-state index contributed by atoms with van der Waals surface area (Å²) in [5.74, 6) is -0.519. The molecule has 0 saturated carbocycles. The van der Waals surface area contributed by atoms with Gasteiger partial charge in [0.05, 0.1) is 11.0 Å². The number of hydrogen-bond donors (Lipinski definition) is 1. The molecule has 0 unspecified atom stereocenters. The Bertz CT molecular complexity index is 892. The topological polar surface area (TPSA) is 101 Å². The number of benzene rings is 1. The van der Waals surface area contributed by atoms with Crippen molar-refractivity contribution >= 4 is 17.5 Å². The molecular weight excluding hydrogens is 369 g/mol. The second-order valence-electron chi connectivity index (χ2n) is 6.63. The number of urea groups is 1. The SMILES string of the molecule is CN(C)[C@H]1CCN(C(=O)Nc2cc(Oc3ccc([N+](=O)[O-])cc3F)ccn2)C1. The van der Waals surface area contributed by atoms with Crippen LogP contribution < -0.4 is 10.1 Å². The average molecular weight is 389 g/mol. The Kier molecular flexibility index (Phi) is 5.69. The molecule has 1 saturated heterocycles. The standard InChI is InChI=1S/C18H20FN5O4/c1-22(2)13-6-8-23(11-13)18(25)21-17-10-14(5-7-20-17)28-16-4-3-12(24(26)27)9-15(16)19/h3-5,7,9-10,13H,6,8,11H2,1-2H3,(H,20,21,25)/t13-/m0/s1. The van der Waals surface area contributed by atoms with Crippen molar-refractivity contribution in [3.8, 4) is 11.5 Å². The third-order valence-electron chi connectivity index (χ3n) is 4.50. The fraction of sp³-hybridized carbons (Fsp3) is 0.333. The molecule has 1 aromatic heterocycles. The van der Waals surface area contributed by atoms with Gasteiger partial charge in [-0.25, -0.2) is 14.2 Å². The summed E-state index contributed by atoms with van der Waals surface area (Å²) in [7, 11) is 3.96. The Balaban J connectivity index is 1.66. The molecule has 1 aliphatic heterocycles. The van der Waals surface area contributed by atoms with Crippen LogP contribution in [0.25, 0.3) is 0 Å². The van der Waals surface area contributed by atoms with Crippen molar-refractivity contribution in [1.29, 1.82) is 0 Å². The number of likely N-dealkylation sites (tertiary alicyclic amines) is 1. The number of nitro benzene ring substituents is 1. The van der Waals surface area contributed by atoms with E-state index in [9.17, 15) is 19.3 Å². The maximum atomic E-state index is 14.0.